The van der Waals surface area contributed by atoms with Gasteiger partial charge < -0.3 is 19.9 Å². The van der Waals surface area contributed by atoms with Crippen LogP contribution in [0.5, 0.6) is 5.75 Å². The van der Waals surface area contributed by atoms with E-state index < -0.39 is 0 Å². The fourth-order valence-electron chi connectivity index (χ4n) is 3.87. The highest BCUT2D eigenvalue weighted by Gasteiger charge is 2.26. The zero-order chi connectivity index (χ0) is 23.0. The summed E-state index contributed by atoms with van der Waals surface area (Å²) in [6.45, 7) is 2.88. The summed E-state index contributed by atoms with van der Waals surface area (Å²) in [7, 11) is 4.02. The Bertz CT molecular complexity index is 1040. The lowest BCUT2D eigenvalue weighted by atomic mass is 9.93. The van der Waals surface area contributed by atoms with Gasteiger partial charge in [0.15, 0.2) is 0 Å². The van der Waals surface area contributed by atoms with Crippen molar-refractivity contribution in [3.05, 3.63) is 72.3 Å². The maximum absolute atomic E-state index is 13.1. The van der Waals surface area contributed by atoms with Gasteiger partial charge in [0, 0.05) is 49.2 Å². The first kappa shape index (κ1) is 22.7. The third kappa shape index (κ3) is 6.26. The molecule has 172 valence electrons. The summed E-state index contributed by atoms with van der Waals surface area (Å²) < 4.78 is 5.74. The Hall–Kier alpha value is -3.52. The maximum Gasteiger partial charge on any atom is 0.253 e. The highest BCUT2D eigenvalue weighted by molar-refractivity contribution is 5.94. The first-order valence-electron chi connectivity index (χ1n) is 11.3. The molecule has 0 spiro atoms. The Morgan fingerprint density at radius 2 is 2.00 bits per heavy atom. The van der Waals surface area contributed by atoms with Crippen LogP contribution in [0.15, 0.2) is 61.1 Å². The first-order valence-corrected chi connectivity index (χ1v) is 11.3. The number of piperidine rings is 1. The maximum atomic E-state index is 13.1. The van der Waals surface area contributed by atoms with E-state index >= 15 is 0 Å². The van der Waals surface area contributed by atoms with E-state index in [0.717, 1.165) is 43.2 Å². The molecule has 1 fully saturated rings. The Balaban J connectivity index is 1.38. The molecular formula is C25H30N6O2. The number of carbonyl (C=O) groups excluding carboxylic acids is 1. The summed E-state index contributed by atoms with van der Waals surface area (Å²) in [5.41, 5.74) is 1.66. The number of pyridine rings is 1. The molecule has 0 bridgehead atoms. The molecule has 8 heteroatoms. The van der Waals surface area contributed by atoms with Crippen molar-refractivity contribution in [2.45, 2.75) is 18.8 Å². The summed E-state index contributed by atoms with van der Waals surface area (Å²) in [5, 5.41) is 3.19. The van der Waals surface area contributed by atoms with Crippen molar-refractivity contribution in [3.63, 3.8) is 0 Å². The number of nitrogens with zero attached hydrogens (tertiary/aromatic N) is 5. The molecule has 0 aliphatic carbocycles. The number of aromatic nitrogens is 3. The number of likely N-dealkylation sites (N-methyl/N-ethyl adjacent to an activating group) is 1. The molecule has 1 amide bonds. The second-order valence-corrected chi connectivity index (χ2v) is 8.43. The van der Waals surface area contributed by atoms with Crippen LogP contribution in [0.2, 0.25) is 0 Å². The van der Waals surface area contributed by atoms with Gasteiger partial charge >= 0.3 is 0 Å². The molecule has 8 nitrogen and oxygen atoms in total. The van der Waals surface area contributed by atoms with Crippen molar-refractivity contribution < 1.29 is 9.53 Å². The average molecular weight is 447 g/mol. The second kappa shape index (κ2) is 10.9. The number of nitrogens with one attached hydrogen (secondary N) is 1. The summed E-state index contributed by atoms with van der Waals surface area (Å²) in [6, 6.07) is 13.4. The van der Waals surface area contributed by atoms with Gasteiger partial charge in [0.25, 0.3) is 5.91 Å². The van der Waals surface area contributed by atoms with Crippen LogP contribution in [0, 0.1) is 0 Å². The molecule has 1 aliphatic rings. The fraction of sp³-hybridized carbons (Fsp3) is 0.360. The SMILES string of the molecule is CN(C)CCOc1ccc(C(=O)N2CCC[C@@H](c3cccc(Nc4cnccn4)n3)C2)cc1. The number of likely N-dealkylation sites (tertiary alicyclic amines) is 1. The minimum Gasteiger partial charge on any atom is -0.492 e. The zero-order valence-electron chi connectivity index (χ0n) is 19.1. The second-order valence-electron chi connectivity index (χ2n) is 8.43. The summed E-state index contributed by atoms with van der Waals surface area (Å²) >= 11 is 0. The molecule has 0 saturated carbocycles. The third-order valence-corrected chi connectivity index (χ3v) is 5.63. The van der Waals surface area contributed by atoms with Gasteiger partial charge in [-0.15, -0.1) is 0 Å². The molecule has 0 radical (unpaired) electrons. The van der Waals surface area contributed by atoms with Crippen LogP contribution in [0.4, 0.5) is 11.6 Å². The number of anilines is 2. The minimum atomic E-state index is 0.0494. The molecule has 1 aliphatic heterocycles. The Morgan fingerprint density at radius 3 is 2.76 bits per heavy atom. The summed E-state index contributed by atoms with van der Waals surface area (Å²) in [6.07, 6.45) is 6.89. The molecular weight excluding hydrogens is 416 g/mol. The molecule has 3 aromatic rings. The highest BCUT2D eigenvalue weighted by atomic mass is 16.5. The van der Waals surface area contributed by atoms with E-state index in [1.807, 2.05) is 61.5 Å². The Morgan fingerprint density at radius 1 is 1.15 bits per heavy atom. The van der Waals surface area contributed by atoms with Crippen LogP contribution >= 0.6 is 0 Å². The van der Waals surface area contributed by atoms with Crippen LogP contribution in [-0.4, -0.2) is 71.0 Å². The Labute approximate surface area is 194 Å². The van der Waals surface area contributed by atoms with Gasteiger partial charge in [-0.25, -0.2) is 9.97 Å². The molecule has 3 heterocycles. The Kier molecular flexibility index (Phi) is 7.47. The third-order valence-electron chi connectivity index (χ3n) is 5.63. The van der Waals surface area contributed by atoms with Crippen LogP contribution in [0.25, 0.3) is 0 Å². The molecule has 2 aromatic heterocycles. The molecule has 1 N–H and O–H groups in total. The summed E-state index contributed by atoms with van der Waals surface area (Å²) in [4.78, 5) is 30.2. The average Bonchev–Trinajstić information content (AvgIpc) is 2.85. The van der Waals surface area contributed by atoms with Gasteiger partial charge in [-0.2, -0.15) is 0 Å². The normalized spacial score (nSPS) is 16.0. The van der Waals surface area contributed by atoms with Crippen LogP contribution in [0.1, 0.15) is 34.8 Å². The van der Waals surface area contributed by atoms with E-state index in [2.05, 4.69) is 20.2 Å². The van der Waals surface area contributed by atoms with E-state index in [0.29, 0.717) is 24.5 Å². The van der Waals surface area contributed by atoms with Crippen molar-refractivity contribution in [1.82, 2.24) is 24.8 Å². The standard InChI is InChI=1S/C25H30N6O2/c1-30(2)15-16-33-21-10-8-19(9-11-21)25(32)31-14-4-5-20(18-31)22-6-3-7-23(28-22)29-24-17-26-12-13-27-24/h3,6-13,17,20H,4-5,14-16,18H2,1-2H3,(H,27,28,29)/t20-/m1/s1. The van der Waals surface area contributed by atoms with Crippen molar-refractivity contribution in [1.29, 1.82) is 0 Å². The van der Waals surface area contributed by atoms with Gasteiger partial charge in [-0.3, -0.25) is 9.78 Å². The number of hydrogen-bond donors (Lipinski definition) is 1. The number of benzene rings is 1. The smallest absolute Gasteiger partial charge is 0.253 e. The highest BCUT2D eigenvalue weighted by Crippen LogP contribution is 2.28. The van der Waals surface area contributed by atoms with E-state index in [1.54, 1.807) is 18.6 Å². The topological polar surface area (TPSA) is 83.5 Å². The predicted octanol–water partition coefficient (Wildman–Crippen LogP) is 3.58. The lowest BCUT2D eigenvalue weighted by Crippen LogP contribution is -2.39. The quantitative estimate of drug-likeness (QED) is 0.566. The number of ether oxygens (including phenoxy) is 1. The lowest BCUT2D eigenvalue weighted by molar-refractivity contribution is 0.0706. The van der Waals surface area contributed by atoms with Crippen LogP contribution in [0.3, 0.4) is 0 Å². The van der Waals surface area contributed by atoms with Gasteiger partial charge in [-0.1, -0.05) is 6.07 Å². The number of amides is 1. The number of rotatable bonds is 8. The molecule has 1 saturated heterocycles. The molecule has 4 rings (SSSR count). The molecule has 1 atom stereocenters. The summed E-state index contributed by atoms with van der Waals surface area (Å²) in [5.74, 6) is 2.40. The molecule has 1 aromatic carbocycles. The van der Waals surface area contributed by atoms with E-state index in [-0.39, 0.29) is 11.8 Å². The van der Waals surface area contributed by atoms with Gasteiger partial charge in [0.2, 0.25) is 0 Å². The number of carbonyl (C=O) groups is 1. The van der Waals surface area contributed by atoms with Gasteiger partial charge in [0.1, 0.15) is 24.0 Å². The van der Waals surface area contributed by atoms with Crippen molar-refractivity contribution >= 4 is 17.5 Å². The van der Waals surface area contributed by atoms with E-state index in [1.165, 1.54) is 0 Å². The zero-order valence-corrected chi connectivity index (χ0v) is 19.1. The molecule has 0 unspecified atom stereocenters. The van der Waals surface area contributed by atoms with E-state index in [4.69, 9.17) is 9.72 Å². The molecule has 33 heavy (non-hydrogen) atoms. The lowest BCUT2D eigenvalue weighted by Gasteiger charge is -2.32. The monoisotopic (exact) mass is 446 g/mol. The van der Waals surface area contributed by atoms with Crippen LogP contribution in [-0.2, 0) is 0 Å². The van der Waals surface area contributed by atoms with Crippen molar-refractivity contribution in [3.8, 4) is 5.75 Å². The van der Waals surface area contributed by atoms with Crippen molar-refractivity contribution in [2.75, 3.05) is 45.7 Å². The van der Waals surface area contributed by atoms with E-state index in [9.17, 15) is 4.79 Å². The largest absolute Gasteiger partial charge is 0.492 e. The first-order chi connectivity index (χ1) is 16.1. The fourth-order valence-corrected chi connectivity index (χ4v) is 3.87. The van der Waals surface area contributed by atoms with Crippen LogP contribution < -0.4 is 10.1 Å². The van der Waals surface area contributed by atoms with Gasteiger partial charge in [0.05, 0.1) is 6.20 Å². The minimum absolute atomic E-state index is 0.0494. The van der Waals surface area contributed by atoms with Crippen molar-refractivity contribution in [2.24, 2.45) is 0 Å². The number of hydrogen-bond acceptors (Lipinski definition) is 7. The predicted molar refractivity (Wildman–Crippen MR) is 128 cm³/mol. The van der Waals surface area contributed by atoms with Gasteiger partial charge in [-0.05, 0) is 63.3 Å².